The first-order valence-corrected chi connectivity index (χ1v) is 6.24. The number of hydrogen-bond acceptors (Lipinski definition) is 4. The van der Waals surface area contributed by atoms with Crippen molar-refractivity contribution < 1.29 is 0 Å². The van der Waals surface area contributed by atoms with Crippen LogP contribution in [0.4, 0.5) is 5.95 Å². The summed E-state index contributed by atoms with van der Waals surface area (Å²) in [5.74, 6) is 0.708. The number of aromatic nitrogens is 4. The molecule has 0 fully saturated rings. The highest BCUT2D eigenvalue weighted by Crippen LogP contribution is 2.07. The van der Waals surface area contributed by atoms with E-state index in [0.717, 1.165) is 30.6 Å². The Bertz CT molecular complexity index is 518. The van der Waals surface area contributed by atoms with Crippen LogP contribution in [0.1, 0.15) is 23.9 Å². The van der Waals surface area contributed by atoms with Crippen molar-refractivity contribution in [2.45, 2.75) is 26.7 Å². The third-order valence-electron chi connectivity index (χ3n) is 3.00. The fourth-order valence-corrected chi connectivity index (χ4v) is 1.87. The lowest BCUT2D eigenvalue weighted by molar-refractivity contribution is 0.710. The molecule has 0 bridgehead atoms. The van der Waals surface area contributed by atoms with Crippen LogP contribution < -0.4 is 5.32 Å². The van der Waals surface area contributed by atoms with Crippen molar-refractivity contribution in [3.63, 3.8) is 0 Å². The van der Waals surface area contributed by atoms with Gasteiger partial charge in [-0.3, -0.25) is 4.68 Å². The lowest BCUT2D eigenvalue weighted by Crippen LogP contribution is -2.11. The van der Waals surface area contributed by atoms with Gasteiger partial charge in [-0.25, -0.2) is 9.97 Å². The molecule has 2 heterocycles. The van der Waals surface area contributed by atoms with Gasteiger partial charge in [-0.05, 0) is 25.0 Å². The highest BCUT2D eigenvalue weighted by Gasteiger charge is 2.02. The number of aryl methyl sites for hydroxylation is 3. The summed E-state index contributed by atoms with van der Waals surface area (Å²) in [5, 5.41) is 7.39. The molecule has 0 aromatic carbocycles. The van der Waals surface area contributed by atoms with Gasteiger partial charge in [0.15, 0.2) is 0 Å². The van der Waals surface area contributed by atoms with E-state index in [1.54, 1.807) is 0 Å². The highest BCUT2D eigenvalue weighted by atomic mass is 15.3. The molecular formula is C13H19N5. The van der Waals surface area contributed by atoms with Crippen LogP contribution in [0, 0.1) is 6.92 Å². The summed E-state index contributed by atoms with van der Waals surface area (Å²) in [6.07, 6.45) is 5.53. The van der Waals surface area contributed by atoms with Crippen LogP contribution >= 0.6 is 0 Å². The minimum atomic E-state index is 0.708. The van der Waals surface area contributed by atoms with E-state index in [9.17, 15) is 0 Å². The van der Waals surface area contributed by atoms with Gasteiger partial charge in [-0.15, -0.1) is 0 Å². The Morgan fingerprint density at radius 2 is 2.22 bits per heavy atom. The first-order chi connectivity index (χ1) is 8.70. The van der Waals surface area contributed by atoms with Gasteiger partial charge >= 0.3 is 0 Å². The number of nitrogens with zero attached hydrogens (tertiary/aromatic N) is 4. The third kappa shape index (κ3) is 2.85. The minimum Gasteiger partial charge on any atom is -0.354 e. The van der Waals surface area contributed by atoms with Gasteiger partial charge in [0.1, 0.15) is 0 Å². The molecule has 0 atom stereocenters. The van der Waals surface area contributed by atoms with Gasteiger partial charge < -0.3 is 5.32 Å². The van der Waals surface area contributed by atoms with Gasteiger partial charge in [0.2, 0.25) is 5.95 Å². The van der Waals surface area contributed by atoms with Gasteiger partial charge in [-0.2, -0.15) is 5.10 Å². The van der Waals surface area contributed by atoms with Crippen molar-refractivity contribution in [1.29, 1.82) is 0 Å². The summed E-state index contributed by atoms with van der Waals surface area (Å²) >= 11 is 0. The molecule has 5 nitrogen and oxygen atoms in total. The molecule has 2 rings (SSSR count). The Hall–Kier alpha value is -1.91. The van der Waals surface area contributed by atoms with E-state index in [4.69, 9.17) is 0 Å². The zero-order chi connectivity index (χ0) is 13.0. The molecule has 96 valence electrons. The predicted octanol–water partition coefficient (Wildman–Crippen LogP) is 1.74. The Morgan fingerprint density at radius 3 is 2.89 bits per heavy atom. The summed E-state index contributed by atoms with van der Waals surface area (Å²) in [7, 11) is 1.95. The van der Waals surface area contributed by atoms with E-state index in [0.29, 0.717) is 5.95 Å². The average Bonchev–Trinajstić information content (AvgIpc) is 2.77. The van der Waals surface area contributed by atoms with Gasteiger partial charge in [-0.1, -0.05) is 6.92 Å². The van der Waals surface area contributed by atoms with Crippen LogP contribution in [0.5, 0.6) is 0 Å². The zero-order valence-electron chi connectivity index (χ0n) is 11.1. The van der Waals surface area contributed by atoms with Crippen molar-refractivity contribution in [3.05, 3.63) is 35.4 Å². The lowest BCUT2D eigenvalue weighted by Gasteiger charge is -2.07. The number of nitrogens with one attached hydrogen (secondary N) is 1. The van der Waals surface area contributed by atoms with E-state index in [-0.39, 0.29) is 0 Å². The van der Waals surface area contributed by atoms with Crippen LogP contribution in [0.3, 0.4) is 0 Å². The fourth-order valence-electron chi connectivity index (χ4n) is 1.87. The molecule has 2 aromatic rings. The molecule has 2 aromatic heterocycles. The summed E-state index contributed by atoms with van der Waals surface area (Å²) < 4.78 is 1.88. The SMILES string of the molecule is CCc1nc(NCCc2ccnn2C)ncc1C. The maximum Gasteiger partial charge on any atom is 0.222 e. The van der Waals surface area contributed by atoms with Crippen LogP contribution in [-0.4, -0.2) is 26.3 Å². The van der Waals surface area contributed by atoms with Gasteiger partial charge in [0, 0.05) is 43.8 Å². The van der Waals surface area contributed by atoms with Gasteiger partial charge in [0.05, 0.1) is 0 Å². The highest BCUT2D eigenvalue weighted by molar-refractivity contribution is 5.29. The van der Waals surface area contributed by atoms with E-state index in [2.05, 4.69) is 27.3 Å². The van der Waals surface area contributed by atoms with E-state index in [1.165, 1.54) is 5.69 Å². The number of hydrogen-bond donors (Lipinski definition) is 1. The van der Waals surface area contributed by atoms with Crippen LogP contribution in [0.25, 0.3) is 0 Å². The fraction of sp³-hybridized carbons (Fsp3) is 0.462. The first-order valence-electron chi connectivity index (χ1n) is 6.24. The number of anilines is 1. The molecule has 0 saturated carbocycles. The van der Waals surface area contributed by atoms with Gasteiger partial charge in [0.25, 0.3) is 0 Å². The second-order valence-electron chi connectivity index (χ2n) is 4.30. The van der Waals surface area contributed by atoms with Crippen molar-refractivity contribution in [3.8, 4) is 0 Å². The topological polar surface area (TPSA) is 55.6 Å². The Balaban J connectivity index is 1.92. The molecule has 0 radical (unpaired) electrons. The Morgan fingerprint density at radius 1 is 1.39 bits per heavy atom. The second kappa shape index (κ2) is 5.62. The molecule has 0 saturated heterocycles. The van der Waals surface area contributed by atoms with Crippen molar-refractivity contribution >= 4 is 5.95 Å². The van der Waals surface area contributed by atoms with Crippen LogP contribution in [0.15, 0.2) is 18.5 Å². The van der Waals surface area contributed by atoms with Crippen LogP contribution in [0.2, 0.25) is 0 Å². The number of rotatable bonds is 5. The minimum absolute atomic E-state index is 0.708. The Kier molecular flexibility index (Phi) is 3.92. The summed E-state index contributed by atoms with van der Waals surface area (Å²) in [6.45, 7) is 4.96. The van der Waals surface area contributed by atoms with Crippen molar-refractivity contribution in [2.24, 2.45) is 7.05 Å². The molecule has 0 aliphatic heterocycles. The predicted molar refractivity (Wildman–Crippen MR) is 71.5 cm³/mol. The average molecular weight is 245 g/mol. The largest absolute Gasteiger partial charge is 0.354 e. The molecule has 0 aliphatic rings. The first kappa shape index (κ1) is 12.5. The second-order valence-corrected chi connectivity index (χ2v) is 4.30. The lowest BCUT2D eigenvalue weighted by atomic mass is 10.2. The molecular weight excluding hydrogens is 226 g/mol. The molecule has 0 amide bonds. The van der Waals surface area contributed by atoms with E-state index >= 15 is 0 Å². The molecule has 0 unspecified atom stereocenters. The Labute approximate surface area is 107 Å². The van der Waals surface area contributed by atoms with Crippen molar-refractivity contribution in [2.75, 3.05) is 11.9 Å². The molecule has 5 heteroatoms. The smallest absolute Gasteiger partial charge is 0.222 e. The monoisotopic (exact) mass is 245 g/mol. The van der Waals surface area contributed by atoms with Crippen LogP contribution in [-0.2, 0) is 19.9 Å². The molecule has 0 spiro atoms. The molecule has 1 N–H and O–H groups in total. The van der Waals surface area contributed by atoms with E-state index in [1.807, 2.05) is 37.1 Å². The zero-order valence-corrected chi connectivity index (χ0v) is 11.1. The molecule has 18 heavy (non-hydrogen) atoms. The maximum absolute atomic E-state index is 4.49. The van der Waals surface area contributed by atoms with E-state index < -0.39 is 0 Å². The summed E-state index contributed by atoms with van der Waals surface area (Å²) in [6, 6.07) is 2.02. The summed E-state index contributed by atoms with van der Waals surface area (Å²) in [5.41, 5.74) is 3.45. The standard InChI is InChI=1S/C13H19N5/c1-4-12-10(2)9-15-13(17-12)14-7-5-11-6-8-16-18(11)3/h6,8-9H,4-5,7H2,1-3H3,(H,14,15,17). The summed E-state index contributed by atoms with van der Waals surface area (Å²) in [4.78, 5) is 8.77. The van der Waals surface area contributed by atoms with Crippen molar-refractivity contribution in [1.82, 2.24) is 19.7 Å². The molecule has 0 aliphatic carbocycles. The quantitative estimate of drug-likeness (QED) is 0.871. The maximum atomic E-state index is 4.49. The third-order valence-corrected chi connectivity index (χ3v) is 3.00. The normalized spacial score (nSPS) is 10.6.